The van der Waals surface area contributed by atoms with Crippen LogP contribution in [0.5, 0.6) is 0 Å². The lowest BCUT2D eigenvalue weighted by Gasteiger charge is -2.37. The molecule has 1 aliphatic carbocycles. The second kappa shape index (κ2) is 5.90. The molecule has 0 saturated heterocycles. The molecule has 3 N–H and O–H groups in total. The first kappa shape index (κ1) is 14.1. The van der Waals surface area contributed by atoms with Crippen molar-refractivity contribution in [1.29, 1.82) is 0 Å². The zero-order valence-electron chi connectivity index (χ0n) is 12.3. The van der Waals surface area contributed by atoms with Gasteiger partial charge in [-0.25, -0.2) is 0 Å². The lowest BCUT2D eigenvalue weighted by atomic mass is 9.75. The summed E-state index contributed by atoms with van der Waals surface area (Å²) in [4.78, 5) is 11.8. The number of hydrogen-bond acceptors (Lipinski definition) is 2. The first-order valence-electron chi connectivity index (χ1n) is 7.76. The molecule has 1 aromatic carbocycles. The zero-order valence-corrected chi connectivity index (χ0v) is 12.3. The molecule has 0 unspecified atom stereocenters. The van der Waals surface area contributed by atoms with Crippen LogP contribution >= 0.6 is 0 Å². The molecule has 3 rings (SSSR count). The van der Waals surface area contributed by atoms with Crippen molar-refractivity contribution >= 4 is 16.8 Å². The summed E-state index contributed by atoms with van der Waals surface area (Å²) in [5.41, 5.74) is 7.11. The van der Waals surface area contributed by atoms with E-state index in [0.29, 0.717) is 13.0 Å². The molecule has 4 nitrogen and oxygen atoms in total. The van der Waals surface area contributed by atoms with Gasteiger partial charge in [-0.3, -0.25) is 4.79 Å². The maximum atomic E-state index is 11.8. The Balaban J connectivity index is 1.43. The predicted octanol–water partition coefficient (Wildman–Crippen LogP) is 2.42. The van der Waals surface area contributed by atoms with E-state index in [1.165, 1.54) is 10.9 Å². The number of amides is 1. The van der Waals surface area contributed by atoms with E-state index in [2.05, 4.69) is 46.4 Å². The van der Waals surface area contributed by atoms with E-state index >= 15 is 0 Å². The van der Waals surface area contributed by atoms with Gasteiger partial charge in [0.2, 0.25) is 5.91 Å². The second-order valence-corrected chi connectivity index (χ2v) is 6.16. The van der Waals surface area contributed by atoms with Crippen LogP contribution in [0, 0.1) is 0 Å². The standard InChI is InChI=1S/C17H23N3O/c18-17(8-3-9-17)13-16(21)19-10-4-11-20-12-7-14-5-1-2-6-15(14)20/h1-2,5-7,12H,3-4,8-11,13,18H2,(H,19,21). The summed E-state index contributed by atoms with van der Waals surface area (Å²) in [7, 11) is 0. The number of nitrogens with one attached hydrogen (secondary N) is 1. The van der Waals surface area contributed by atoms with Crippen LogP contribution in [-0.2, 0) is 11.3 Å². The maximum absolute atomic E-state index is 11.8. The molecule has 0 radical (unpaired) electrons. The van der Waals surface area contributed by atoms with Gasteiger partial charge in [0.05, 0.1) is 0 Å². The van der Waals surface area contributed by atoms with Gasteiger partial charge >= 0.3 is 0 Å². The highest BCUT2D eigenvalue weighted by Gasteiger charge is 2.34. The van der Waals surface area contributed by atoms with Crippen molar-refractivity contribution in [2.24, 2.45) is 5.73 Å². The summed E-state index contributed by atoms with van der Waals surface area (Å²) in [6, 6.07) is 10.5. The summed E-state index contributed by atoms with van der Waals surface area (Å²) in [6.07, 6.45) is 6.63. The van der Waals surface area contributed by atoms with E-state index < -0.39 is 0 Å². The Morgan fingerprint density at radius 2 is 2.10 bits per heavy atom. The molecule has 1 fully saturated rings. The molecule has 0 aliphatic heterocycles. The van der Waals surface area contributed by atoms with Gasteiger partial charge in [0.1, 0.15) is 0 Å². The molecule has 1 aliphatic rings. The summed E-state index contributed by atoms with van der Waals surface area (Å²) >= 11 is 0. The maximum Gasteiger partial charge on any atom is 0.221 e. The number of fused-ring (bicyclic) bond motifs is 1. The fourth-order valence-electron chi connectivity index (χ4n) is 3.00. The van der Waals surface area contributed by atoms with Gasteiger partial charge in [0.25, 0.3) is 0 Å². The first-order chi connectivity index (χ1) is 10.2. The second-order valence-electron chi connectivity index (χ2n) is 6.16. The number of carbonyl (C=O) groups is 1. The lowest BCUT2D eigenvalue weighted by Crippen LogP contribution is -2.50. The summed E-state index contributed by atoms with van der Waals surface area (Å²) in [5, 5.41) is 4.25. The highest BCUT2D eigenvalue weighted by atomic mass is 16.1. The number of rotatable bonds is 6. The lowest BCUT2D eigenvalue weighted by molar-refractivity contribution is -0.123. The number of carbonyl (C=O) groups excluding carboxylic acids is 1. The average molecular weight is 285 g/mol. The van der Waals surface area contributed by atoms with E-state index in [-0.39, 0.29) is 11.4 Å². The van der Waals surface area contributed by atoms with Crippen molar-refractivity contribution in [3.8, 4) is 0 Å². The molecular formula is C17H23N3O. The smallest absolute Gasteiger partial charge is 0.221 e. The van der Waals surface area contributed by atoms with Crippen molar-refractivity contribution < 1.29 is 4.79 Å². The fraction of sp³-hybridized carbons (Fsp3) is 0.471. The molecule has 1 heterocycles. The van der Waals surface area contributed by atoms with Crippen LogP contribution < -0.4 is 11.1 Å². The van der Waals surface area contributed by atoms with Crippen molar-refractivity contribution in [1.82, 2.24) is 9.88 Å². The number of hydrogen-bond donors (Lipinski definition) is 2. The summed E-state index contributed by atoms with van der Waals surface area (Å²) in [5.74, 6) is 0.0922. The Hall–Kier alpha value is -1.81. The average Bonchev–Trinajstić information content (AvgIpc) is 2.85. The van der Waals surface area contributed by atoms with E-state index in [0.717, 1.165) is 32.2 Å². The van der Waals surface area contributed by atoms with Gasteiger partial charge in [0.15, 0.2) is 0 Å². The number of aromatic nitrogens is 1. The highest BCUT2D eigenvalue weighted by Crippen LogP contribution is 2.31. The predicted molar refractivity (Wildman–Crippen MR) is 85.0 cm³/mol. The van der Waals surface area contributed by atoms with Crippen LogP contribution in [-0.4, -0.2) is 22.6 Å². The number of aryl methyl sites for hydroxylation is 1. The highest BCUT2D eigenvalue weighted by molar-refractivity contribution is 5.80. The van der Waals surface area contributed by atoms with Gasteiger partial charge in [-0.15, -0.1) is 0 Å². The Labute approximate surface area is 125 Å². The molecule has 1 aromatic heterocycles. The van der Waals surface area contributed by atoms with E-state index in [4.69, 9.17) is 5.73 Å². The van der Waals surface area contributed by atoms with Crippen LogP contribution in [0.1, 0.15) is 32.1 Å². The quantitative estimate of drug-likeness (QED) is 0.801. The molecule has 1 amide bonds. The largest absolute Gasteiger partial charge is 0.356 e. The van der Waals surface area contributed by atoms with Crippen LogP contribution in [0.3, 0.4) is 0 Å². The minimum atomic E-state index is -0.222. The zero-order chi connectivity index (χ0) is 14.7. The summed E-state index contributed by atoms with van der Waals surface area (Å²) < 4.78 is 2.23. The SMILES string of the molecule is NC1(CC(=O)NCCCn2ccc3ccccc32)CCC1. The molecule has 2 aromatic rings. The van der Waals surface area contributed by atoms with Crippen molar-refractivity contribution in [3.63, 3.8) is 0 Å². The molecule has 4 heteroatoms. The topological polar surface area (TPSA) is 60.1 Å². The molecule has 0 atom stereocenters. The third-order valence-corrected chi connectivity index (χ3v) is 4.44. The number of benzene rings is 1. The van der Waals surface area contributed by atoms with Crippen LogP contribution in [0.15, 0.2) is 36.5 Å². The van der Waals surface area contributed by atoms with Crippen LogP contribution in [0.2, 0.25) is 0 Å². The monoisotopic (exact) mass is 285 g/mol. The van der Waals surface area contributed by atoms with Crippen LogP contribution in [0.4, 0.5) is 0 Å². The Morgan fingerprint density at radius 3 is 2.86 bits per heavy atom. The van der Waals surface area contributed by atoms with Gasteiger partial charge in [-0.1, -0.05) is 18.2 Å². The number of nitrogens with two attached hydrogens (primary N) is 1. The minimum absolute atomic E-state index is 0.0922. The summed E-state index contributed by atoms with van der Waals surface area (Å²) in [6.45, 7) is 1.63. The van der Waals surface area contributed by atoms with E-state index in [1.54, 1.807) is 0 Å². The van der Waals surface area contributed by atoms with Crippen molar-refractivity contribution in [2.45, 2.75) is 44.2 Å². The molecule has 0 spiro atoms. The minimum Gasteiger partial charge on any atom is -0.356 e. The Kier molecular flexibility index (Phi) is 3.97. The van der Waals surface area contributed by atoms with Gasteiger partial charge in [-0.05, 0) is 43.2 Å². The Morgan fingerprint density at radius 1 is 1.29 bits per heavy atom. The molecule has 21 heavy (non-hydrogen) atoms. The fourth-order valence-corrected chi connectivity index (χ4v) is 3.00. The van der Waals surface area contributed by atoms with Gasteiger partial charge in [0, 0.05) is 36.8 Å². The number of para-hydroxylation sites is 1. The number of nitrogens with zero attached hydrogens (tertiary/aromatic N) is 1. The van der Waals surface area contributed by atoms with E-state index in [9.17, 15) is 4.79 Å². The van der Waals surface area contributed by atoms with E-state index in [1.807, 2.05) is 0 Å². The molecular weight excluding hydrogens is 262 g/mol. The molecule has 0 bridgehead atoms. The normalized spacial score (nSPS) is 16.6. The van der Waals surface area contributed by atoms with Gasteiger partial charge in [-0.2, -0.15) is 0 Å². The van der Waals surface area contributed by atoms with Gasteiger partial charge < -0.3 is 15.6 Å². The molecule has 1 saturated carbocycles. The van der Waals surface area contributed by atoms with Crippen LogP contribution in [0.25, 0.3) is 10.9 Å². The van der Waals surface area contributed by atoms with Crippen molar-refractivity contribution in [3.05, 3.63) is 36.5 Å². The first-order valence-corrected chi connectivity index (χ1v) is 7.76. The van der Waals surface area contributed by atoms with Crippen molar-refractivity contribution in [2.75, 3.05) is 6.54 Å². The molecule has 112 valence electrons. The third kappa shape index (κ3) is 3.27. The Bertz CT molecular complexity index is 628. The third-order valence-electron chi connectivity index (χ3n) is 4.44.